The summed E-state index contributed by atoms with van der Waals surface area (Å²) in [6.07, 6.45) is 2.12. The van der Waals surface area contributed by atoms with Gasteiger partial charge < -0.3 is 25.0 Å². The number of carbonyl (C=O) groups excluding carboxylic acids is 5. The van der Waals surface area contributed by atoms with Crippen LogP contribution in [0.3, 0.4) is 0 Å². The van der Waals surface area contributed by atoms with Crippen molar-refractivity contribution in [3.8, 4) is 0 Å². The number of sulfonamides is 1. The maximum Gasteiger partial charge on any atom is 0.410 e. The Kier molecular flexibility index (Phi) is 12.2. The number of fused-ring (bicyclic) bond motifs is 3. The summed E-state index contributed by atoms with van der Waals surface area (Å²) in [7, 11) is -4.17. The summed E-state index contributed by atoms with van der Waals surface area (Å²) in [6.45, 7) is 8.80. The number of alkyl carbamates (subject to hydrolysis) is 1. The van der Waals surface area contributed by atoms with Gasteiger partial charge in [0, 0.05) is 18.5 Å². The van der Waals surface area contributed by atoms with Crippen LogP contribution in [-0.2, 0) is 52.7 Å². The molecule has 3 N–H and O–H groups in total. The SMILES string of the molecule is Cc1ccc(CS(=O)(=O)NC(=O)[C@@]23C[C@@H]2CCCCCCC[C@H](NC(=O)OC(C)(C)C)C(=O)N2C[C@H](OC(=O)N4Cc5cccc(F)c5C4)C[C@H]2C(=O)N3)cc1C. The standard InChI is InChI=1S/C41H54FN5O9S/c1-25-16-17-27(18-26(25)2)24-57(53,54)45-37(50)41-20-29(41)13-9-7-6-8-10-15-33(43-38(51)56-40(3,4)5)36(49)47-22-30(19-34(47)35(48)44-41)55-39(52)46-21-28-12-11-14-32(42)31(28)23-46/h11-12,14,16-18,29-30,33-34H,6-10,13,15,19-24H2,1-5H3,(H,43,51)(H,44,48)(H,45,50)/t29-,30+,33-,34-,41+/m0/s1. The van der Waals surface area contributed by atoms with E-state index in [2.05, 4.69) is 15.4 Å². The number of benzene rings is 2. The number of amides is 5. The van der Waals surface area contributed by atoms with Gasteiger partial charge in [0.25, 0.3) is 5.91 Å². The number of carbonyl (C=O) groups is 5. The van der Waals surface area contributed by atoms with Gasteiger partial charge in [0.15, 0.2) is 0 Å². The third-order valence-electron chi connectivity index (χ3n) is 11.4. The van der Waals surface area contributed by atoms with Crippen LogP contribution in [0.4, 0.5) is 14.0 Å². The predicted octanol–water partition coefficient (Wildman–Crippen LogP) is 5.02. The molecule has 0 bridgehead atoms. The van der Waals surface area contributed by atoms with E-state index in [0.29, 0.717) is 29.5 Å². The van der Waals surface area contributed by atoms with Gasteiger partial charge in [-0.25, -0.2) is 22.4 Å². The summed E-state index contributed by atoms with van der Waals surface area (Å²) in [5, 5.41) is 5.54. The number of hydrogen-bond donors (Lipinski definition) is 3. The summed E-state index contributed by atoms with van der Waals surface area (Å²) < 4.78 is 54.7. The number of nitrogens with one attached hydrogen (secondary N) is 3. The molecule has 4 aliphatic rings. The summed E-state index contributed by atoms with van der Waals surface area (Å²) in [4.78, 5) is 71.8. The molecule has 3 aliphatic heterocycles. The third kappa shape index (κ3) is 10.1. The van der Waals surface area contributed by atoms with Gasteiger partial charge in [-0.05, 0) is 88.1 Å². The van der Waals surface area contributed by atoms with E-state index in [1.54, 1.807) is 45.0 Å². The lowest BCUT2D eigenvalue weighted by Gasteiger charge is -2.30. The zero-order valence-corrected chi connectivity index (χ0v) is 34.1. The highest BCUT2D eigenvalue weighted by Gasteiger charge is 2.62. The first kappa shape index (κ1) is 41.9. The quantitative estimate of drug-likeness (QED) is 0.361. The van der Waals surface area contributed by atoms with E-state index in [4.69, 9.17) is 9.47 Å². The fourth-order valence-corrected chi connectivity index (χ4v) is 9.28. The Morgan fingerprint density at radius 1 is 0.982 bits per heavy atom. The molecule has 3 heterocycles. The minimum atomic E-state index is -4.17. The molecule has 0 radical (unpaired) electrons. The smallest absolute Gasteiger partial charge is 0.410 e. The van der Waals surface area contributed by atoms with Crippen LogP contribution in [0, 0.1) is 25.6 Å². The molecule has 57 heavy (non-hydrogen) atoms. The van der Waals surface area contributed by atoms with E-state index in [1.165, 1.54) is 15.9 Å². The first-order chi connectivity index (χ1) is 26.8. The molecule has 2 aromatic rings. The Balaban J connectivity index is 1.24. The van der Waals surface area contributed by atoms with Crippen LogP contribution >= 0.6 is 0 Å². The lowest BCUT2D eigenvalue weighted by molar-refractivity contribution is -0.141. The monoisotopic (exact) mass is 811 g/mol. The van der Waals surface area contributed by atoms with Crippen LogP contribution in [-0.4, -0.2) is 84.0 Å². The molecule has 2 saturated heterocycles. The van der Waals surface area contributed by atoms with Gasteiger partial charge >= 0.3 is 12.2 Å². The second-order valence-corrected chi connectivity index (χ2v) is 18.7. The first-order valence-electron chi connectivity index (χ1n) is 19.8. The molecule has 310 valence electrons. The number of rotatable bonds is 6. The summed E-state index contributed by atoms with van der Waals surface area (Å²) in [5.41, 5.74) is 1.06. The average Bonchev–Trinajstić information content (AvgIpc) is 3.40. The molecule has 1 saturated carbocycles. The van der Waals surface area contributed by atoms with Crippen LogP contribution in [0.1, 0.15) is 106 Å². The molecule has 0 spiro atoms. The molecule has 16 heteroatoms. The maximum absolute atomic E-state index is 14.5. The van der Waals surface area contributed by atoms with E-state index >= 15 is 0 Å². The number of halogens is 1. The van der Waals surface area contributed by atoms with Crippen LogP contribution in [0.25, 0.3) is 0 Å². The molecule has 0 unspecified atom stereocenters. The summed E-state index contributed by atoms with van der Waals surface area (Å²) in [5.74, 6) is -3.37. The van der Waals surface area contributed by atoms with Crippen LogP contribution in [0.2, 0.25) is 0 Å². The molecule has 3 fully saturated rings. The second-order valence-electron chi connectivity index (χ2n) is 17.0. The van der Waals surface area contributed by atoms with Crippen molar-refractivity contribution >= 4 is 39.9 Å². The van der Waals surface area contributed by atoms with Crippen LogP contribution < -0.4 is 15.4 Å². The van der Waals surface area contributed by atoms with Gasteiger partial charge in [-0.15, -0.1) is 0 Å². The molecule has 5 atom stereocenters. The summed E-state index contributed by atoms with van der Waals surface area (Å²) in [6, 6.07) is 7.55. The Hall–Kier alpha value is -4.73. The lowest BCUT2D eigenvalue weighted by atomic mass is 10.0. The maximum atomic E-state index is 14.5. The highest BCUT2D eigenvalue weighted by atomic mass is 32.2. The summed E-state index contributed by atoms with van der Waals surface area (Å²) >= 11 is 0. The third-order valence-corrected chi connectivity index (χ3v) is 12.6. The van der Waals surface area contributed by atoms with Crippen molar-refractivity contribution < 1.29 is 46.3 Å². The first-order valence-corrected chi connectivity index (χ1v) is 21.4. The Labute approximate surface area is 333 Å². The largest absolute Gasteiger partial charge is 0.444 e. The topological polar surface area (TPSA) is 181 Å². The minimum Gasteiger partial charge on any atom is -0.444 e. The van der Waals surface area contributed by atoms with Gasteiger partial charge in [0.05, 0.1) is 18.8 Å². The fourth-order valence-electron chi connectivity index (χ4n) is 8.13. The number of aryl methyl sites for hydroxylation is 2. The van der Waals surface area contributed by atoms with Crippen LogP contribution in [0.15, 0.2) is 36.4 Å². The zero-order chi connectivity index (χ0) is 41.3. The molecule has 14 nitrogen and oxygen atoms in total. The molecular formula is C41H54FN5O9S. The highest BCUT2D eigenvalue weighted by Crippen LogP contribution is 2.48. The van der Waals surface area contributed by atoms with Gasteiger partial charge in [0.2, 0.25) is 21.8 Å². The predicted molar refractivity (Wildman–Crippen MR) is 207 cm³/mol. The average molecular weight is 812 g/mol. The Bertz CT molecular complexity index is 2020. The molecule has 1 aliphatic carbocycles. The van der Waals surface area contributed by atoms with Gasteiger partial charge in [-0.3, -0.25) is 24.0 Å². The van der Waals surface area contributed by atoms with Crippen molar-refractivity contribution in [2.24, 2.45) is 5.92 Å². The number of hydrogen-bond acceptors (Lipinski definition) is 9. The van der Waals surface area contributed by atoms with Crippen molar-refractivity contribution in [2.75, 3.05) is 6.54 Å². The molecule has 0 aromatic heterocycles. The van der Waals surface area contributed by atoms with Crippen LogP contribution in [0.5, 0.6) is 0 Å². The second kappa shape index (κ2) is 16.6. The number of nitrogens with zero attached hydrogens (tertiary/aromatic N) is 2. The molecule has 6 rings (SSSR count). The van der Waals surface area contributed by atoms with E-state index in [1.807, 2.05) is 19.9 Å². The van der Waals surface area contributed by atoms with Crippen molar-refractivity contribution in [1.82, 2.24) is 25.2 Å². The van der Waals surface area contributed by atoms with Gasteiger partial charge in [-0.1, -0.05) is 62.4 Å². The van der Waals surface area contributed by atoms with Crippen molar-refractivity contribution in [3.63, 3.8) is 0 Å². The minimum absolute atomic E-state index is 0.00650. The highest BCUT2D eigenvalue weighted by molar-refractivity contribution is 7.89. The van der Waals surface area contributed by atoms with E-state index in [9.17, 15) is 36.8 Å². The number of ether oxygens (including phenoxy) is 2. The van der Waals surface area contributed by atoms with Crippen molar-refractivity contribution in [2.45, 2.75) is 141 Å². The van der Waals surface area contributed by atoms with Gasteiger partial charge in [-0.2, -0.15) is 0 Å². The Morgan fingerprint density at radius 3 is 2.40 bits per heavy atom. The fraction of sp³-hybridized carbons (Fsp3) is 0.585. The van der Waals surface area contributed by atoms with Crippen molar-refractivity contribution in [1.29, 1.82) is 0 Å². The van der Waals surface area contributed by atoms with E-state index in [0.717, 1.165) is 36.8 Å². The molecular weight excluding hydrogens is 758 g/mol. The zero-order valence-electron chi connectivity index (χ0n) is 33.3. The van der Waals surface area contributed by atoms with Gasteiger partial charge in [0.1, 0.15) is 35.1 Å². The molecule has 2 aromatic carbocycles. The Morgan fingerprint density at radius 2 is 1.70 bits per heavy atom. The van der Waals surface area contributed by atoms with Crippen molar-refractivity contribution in [3.05, 3.63) is 70.0 Å². The lowest BCUT2D eigenvalue weighted by Crippen LogP contribution is -2.58. The molecule has 5 amide bonds. The van der Waals surface area contributed by atoms with E-state index in [-0.39, 0.29) is 44.8 Å². The normalized spacial score (nSPS) is 25.5. The van der Waals surface area contributed by atoms with E-state index < -0.39 is 80.8 Å².